The maximum Gasteiger partial charge on any atom is 0.0211 e. The van der Waals surface area contributed by atoms with Crippen molar-refractivity contribution in [2.75, 3.05) is 39.3 Å². The summed E-state index contributed by atoms with van der Waals surface area (Å²) in [5.74, 6) is 0. The fourth-order valence-corrected chi connectivity index (χ4v) is 3.42. The predicted octanol–water partition coefficient (Wildman–Crippen LogP) is 2.51. The monoisotopic (exact) mass is 352 g/mol. The Morgan fingerprint density at radius 2 is 0.885 bits per heavy atom. The highest BCUT2D eigenvalue weighted by atomic mass is 14.9. The van der Waals surface area contributed by atoms with Crippen molar-refractivity contribution in [3.63, 3.8) is 0 Å². The molecule has 26 heavy (non-hydrogen) atoms. The van der Waals surface area contributed by atoms with Crippen molar-refractivity contribution in [2.24, 2.45) is 0 Å². The largest absolute Gasteiger partial charge is 0.315 e. The zero-order valence-electron chi connectivity index (χ0n) is 15.7. The minimum absolute atomic E-state index is 0.916. The van der Waals surface area contributed by atoms with Gasteiger partial charge in [0.1, 0.15) is 0 Å². The molecule has 0 saturated carbocycles. The van der Waals surface area contributed by atoms with Crippen molar-refractivity contribution in [3.05, 3.63) is 59.7 Å². The van der Waals surface area contributed by atoms with Crippen LogP contribution in [-0.4, -0.2) is 39.3 Å². The van der Waals surface area contributed by atoms with Crippen LogP contribution in [0, 0.1) is 0 Å². The van der Waals surface area contributed by atoms with E-state index < -0.39 is 0 Å². The summed E-state index contributed by atoms with van der Waals surface area (Å²) in [6.45, 7) is 8.14. The first kappa shape index (κ1) is 19.1. The number of fused-ring (bicyclic) bond motifs is 3. The quantitative estimate of drug-likeness (QED) is 0.588. The molecule has 0 fully saturated rings. The van der Waals surface area contributed by atoms with Gasteiger partial charge < -0.3 is 21.3 Å². The Balaban J connectivity index is 1.74. The van der Waals surface area contributed by atoms with Crippen LogP contribution in [-0.2, 0) is 13.1 Å². The molecule has 4 N–H and O–H groups in total. The zero-order chi connectivity index (χ0) is 17.9. The van der Waals surface area contributed by atoms with Crippen molar-refractivity contribution in [1.29, 1.82) is 0 Å². The smallest absolute Gasteiger partial charge is 0.0211 e. The summed E-state index contributed by atoms with van der Waals surface area (Å²) in [6, 6.07) is 17.6. The third-order valence-electron chi connectivity index (χ3n) is 4.85. The highest BCUT2D eigenvalue weighted by Crippen LogP contribution is 2.27. The molecule has 1 aliphatic rings. The molecule has 0 radical (unpaired) electrons. The SMILES string of the molecule is c1ccc2c(c1)CNCCCNCCNCCCNCc1ccccc1-2. The van der Waals surface area contributed by atoms with Gasteiger partial charge in [-0.25, -0.2) is 0 Å². The van der Waals surface area contributed by atoms with E-state index in [9.17, 15) is 0 Å². The number of rotatable bonds is 0. The topological polar surface area (TPSA) is 48.1 Å². The first-order valence-electron chi connectivity index (χ1n) is 9.94. The Hall–Kier alpha value is -1.72. The Morgan fingerprint density at radius 3 is 1.38 bits per heavy atom. The van der Waals surface area contributed by atoms with Gasteiger partial charge in [-0.2, -0.15) is 0 Å². The minimum atomic E-state index is 0.916. The van der Waals surface area contributed by atoms with Gasteiger partial charge in [-0.05, 0) is 61.3 Å². The summed E-state index contributed by atoms with van der Waals surface area (Å²) in [7, 11) is 0. The molecular formula is C22H32N4. The van der Waals surface area contributed by atoms with E-state index in [0.29, 0.717) is 0 Å². The standard InChI is InChI=1S/C22H32N4/c1-3-9-21-19(7-1)17-25-13-5-11-23-15-16-24-12-6-14-26-18-20-8-2-4-10-22(20)21/h1-4,7-10,23-26H,5-6,11-18H2. The van der Waals surface area contributed by atoms with Crippen LogP contribution in [0.25, 0.3) is 11.1 Å². The molecule has 1 heterocycles. The summed E-state index contributed by atoms with van der Waals surface area (Å²) in [5, 5.41) is 14.2. The Labute approximate surface area is 157 Å². The van der Waals surface area contributed by atoms with Gasteiger partial charge in [0.15, 0.2) is 0 Å². The highest BCUT2D eigenvalue weighted by Gasteiger charge is 2.09. The fourth-order valence-electron chi connectivity index (χ4n) is 3.42. The molecule has 3 rings (SSSR count). The van der Waals surface area contributed by atoms with Crippen molar-refractivity contribution in [3.8, 4) is 11.1 Å². The molecule has 2 aromatic carbocycles. The number of nitrogens with one attached hydrogen (secondary N) is 4. The van der Waals surface area contributed by atoms with Crippen LogP contribution in [0.5, 0.6) is 0 Å². The molecule has 2 aromatic rings. The molecule has 0 saturated heterocycles. The molecule has 0 unspecified atom stereocenters. The minimum Gasteiger partial charge on any atom is -0.315 e. The second kappa shape index (κ2) is 11.1. The van der Waals surface area contributed by atoms with Gasteiger partial charge in [-0.15, -0.1) is 0 Å². The summed E-state index contributed by atoms with van der Waals surface area (Å²) in [5.41, 5.74) is 5.44. The lowest BCUT2D eigenvalue weighted by molar-refractivity contribution is 0.555. The number of hydrogen-bond donors (Lipinski definition) is 4. The maximum absolute atomic E-state index is 3.61. The molecule has 0 amide bonds. The normalized spacial score (nSPS) is 18.2. The van der Waals surface area contributed by atoms with Crippen molar-refractivity contribution < 1.29 is 0 Å². The predicted molar refractivity (Wildman–Crippen MR) is 110 cm³/mol. The third-order valence-corrected chi connectivity index (χ3v) is 4.85. The van der Waals surface area contributed by atoms with Crippen LogP contribution in [0.15, 0.2) is 48.5 Å². The molecule has 1 aliphatic heterocycles. The van der Waals surface area contributed by atoms with Crippen LogP contribution < -0.4 is 21.3 Å². The van der Waals surface area contributed by atoms with Crippen LogP contribution in [0.3, 0.4) is 0 Å². The molecule has 0 spiro atoms. The van der Waals surface area contributed by atoms with Gasteiger partial charge in [0.05, 0.1) is 0 Å². The lowest BCUT2D eigenvalue weighted by Gasteiger charge is -2.16. The van der Waals surface area contributed by atoms with E-state index in [2.05, 4.69) is 69.8 Å². The summed E-state index contributed by atoms with van der Waals surface area (Å²) in [6.07, 6.45) is 2.31. The van der Waals surface area contributed by atoms with Crippen LogP contribution in [0.2, 0.25) is 0 Å². The molecule has 140 valence electrons. The van der Waals surface area contributed by atoms with Gasteiger partial charge >= 0.3 is 0 Å². The molecule has 0 aliphatic carbocycles. The lowest BCUT2D eigenvalue weighted by atomic mass is 9.95. The Morgan fingerprint density at radius 1 is 0.462 bits per heavy atom. The average molecular weight is 353 g/mol. The van der Waals surface area contributed by atoms with Gasteiger partial charge in [0, 0.05) is 26.2 Å². The van der Waals surface area contributed by atoms with Gasteiger partial charge in [0.25, 0.3) is 0 Å². The van der Waals surface area contributed by atoms with Crippen molar-refractivity contribution in [1.82, 2.24) is 21.3 Å². The molecule has 0 bridgehead atoms. The first-order chi connectivity index (χ1) is 12.9. The van der Waals surface area contributed by atoms with Crippen LogP contribution >= 0.6 is 0 Å². The zero-order valence-corrected chi connectivity index (χ0v) is 15.7. The summed E-state index contributed by atoms with van der Waals surface area (Å²) < 4.78 is 0. The number of benzene rings is 2. The second-order valence-corrected chi connectivity index (χ2v) is 6.87. The summed E-state index contributed by atoms with van der Waals surface area (Å²) in [4.78, 5) is 0. The van der Waals surface area contributed by atoms with Crippen LogP contribution in [0.4, 0.5) is 0 Å². The van der Waals surface area contributed by atoms with E-state index in [1.807, 2.05) is 0 Å². The van der Waals surface area contributed by atoms with E-state index in [-0.39, 0.29) is 0 Å². The fraction of sp³-hybridized carbons (Fsp3) is 0.455. The van der Waals surface area contributed by atoms with E-state index in [4.69, 9.17) is 0 Å². The first-order valence-corrected chi connectivity index (χ1v) is 9.94. The van der Waals surface area contributed by atoms with Crippen molar-refractivity contribution in [2.45, 2.75) is 25.9 Å². The molecule has 4 nitrogen and oxygen atoms in total. The van der Waals surface area contributed by atoms with E-state index >= 15 is 0 Å². The second-order valence-electron chi connectivity index (χ2n) is 6.87. The third kappa shape index (κ3) is 5.92. The molecule has 0 atom stereocenters. The number of hydrogen-bond acceptors (Lipinski definition) is 4. The van der Waals surface area contributed by atoms with Gasteiger partial charge in [-0.1, -0.05) is 48.5 Å². The van der Waals surface area contributed by atoms with Gasteiger partial charge in [0.2, 0.25) is 0 Å². The van der Waals surface area contributed by atoms with E-state index in [0.717, 1.165) is 65.2 Å². The van der Waals surface area contributed by atoms with E-state index in [1.54, 1.807) is 0 Å². The maximum atomic E-state index is 3.61. The Kier molecular flexibility index (Phi) is 8.13. The highest BCUT2D eigenvalue weighted by molar-refractivity contribution is 5.70. The Bertz CT molecular complexity index is 599. The molecule has 0 aromatic heterocycles. The lowest BCUT2D eigenvalue weighted by Crippen LogP contribution is -2.31. The average Bonchev–Trinajstić information content (AvgIpc) is 2.68. The van der Waals surface area contributed by atoms with Gasteiger partial charge in [-0.3, -0.25) is 0 Å². The molecular weight excluding hydrogens is 320 g/mol. The van der Waals surface area contributed by atoms with Crippen LogP contribution in [0.1, 0.15) is 24.0 Å². The van der Waals surface area contributed by atoms with Crippen molar-refractivity contribution >= 4 is 0 Å². The van der Waals surface area contributed by atoms with E-state index in [1.165, 1.54) is 22.3 Å². The summed E-state index contributed by atoms with van der Waals surface area (Å²) >= 11 is 0. The molecule has 4 heteroatoms.